The van der Waals surface area contributed by atoms with Gasteiger partial charge in [-0.1, -0.05) is 0 Å². The molecule has 68 valence electrons. The summed E-state index contributed by atoms with van der Waals surface area (Å²) in [7, 11) is 0.192. The SMILES string of the molecule is CN(C)C(C)(C)OP(C)(=O)O. The smallest absolute Gasteiger partial charge is 0.324 e. The van der Waals surface area contributed by atoms with Crippen LogP contribution >= 0.6 is 7.60 Å². The molecule has 0 aliphatic heterocycles. The quantitative estimate of drug-likeness (QED) is 0.523. The maximum absolute atomic E-state index is 10.8. The number of hydrogen-bond acceptors (Lipinski definition) is 3. The van der Waals surface area contributed by atoms with Crippen molar-refractivity contribution in [1.82, 2.24) is 4.90 Å². The van der Waals surface area contributed by atoms with Crippen molar-refractivity contribution in [2.75, 3.05) is 20.8 Å². The second-order valence-corrected chi connectivity index (χ2v) is 5.02. The average molecular weight is 181 g/mol. The van der Waals surface area contributed by atoms with Gasteiger partial charge in [0.1, 0.15) is 5.72 Å². The zero-order valence-electron chi connectivity index (χ0n) is 7.66. The fourth-order valence-electron chi connectivity index (χ4n) is 0.496. The van der Waals surface area contributed by atoms with Gasteiger partial charge in [0.2, 0.25) is 0 Å². The topological polar surface area (TPSA) is 49.8 Å². The molecule has 0 aliphatic rings. The summed E-state index contributed by atoms with van der Waals surface area (Å²) in [6.07, 6.45) is 0. The lowest BCUT2D eigenvalue weighted by atomic mass is 10.3. The summed E-state index contributed by atoms with van der Waals surface area (Å²) in [6, 6.07) is 0. The lowest BCUT2D eigenvalue weighted by molar-refractivity contribution is -0.0298. The maximum Gasteiger partial charge on any atom is 0.326 e. The van der Waals surface area contributed by atoms with Crippen LogP contribution in [0.25, 0.3) is 0 Å². The Kier molecular flexibility index (Phi) is 3.27. The number of nitrogens with zero attached hydrogens (tertiary/aromatic N) is 1. The molecule has 1 unspecified atom stereocenters. The molecule has 0 saturated carbocycles. The normalized spacial score (nSPS) is 18.5. The van der Waals surface area contributed by atoms with Gasteiger partial charge in [-0.2, -0.15) is 0 Å². The minimum absolute atomic E-state index is 0.695. The van der Waals surface area contributed by atoms with E-state index in [-0.39, 0.29) is 0 Å². The van der Waals surface area contributed by atoms with Crippen molar-refractivity contribution in [3.63, 3.8) is 0 Å². The molecule has 1 atom stereocenters. The zero-order valence-corrected chi connectivity index (χ0v) is 8.55. The van der Waals surface area contributed by atoms with Crippen molar-refractivity contribution in [2.45, 2.75) is 19.6 Å². The molecule has 11 heavy (non-hydrogen) atoms. The van der Waals surface area contributed by atoms with E-state index in [1.54, 1.807) is 32.8 Å². The molecular formula is C6H16NO3P. The van der Waals surface area contributed by atoms with Gasteiger partial charge in [-0.25, -0.2) is 0 Å². The Morgan fingerprint density at radius 2 is 1.82 bits per heavy atom. The molecule has 0 radical (unpaired) electrons. The third kappa shape index (κ3) is 4.53. The summed E-state index contributed by atoms with van der Waals surface area (Å²) >= 11 is 0. The minimum Gasteiger partial charge on any atom is -0.324 e. The van der Waals surface area contributed by atoms with E-state index in [1.807, 2.05) is 0 Å². The molecule has 0 amide bonds. The molecule has 0 aromatic carbocycles. The van der Waals surface area contributed by atoms with Crippen molar-refractivity contribution in [3.8, 4) is 0 Å². The fraction of sp³-hybridized carbons (Fsp3) is 1.00. The molecule has 0 heterocycles. The van der Waals surface area contributed by atoms with Crippen molar-refractivity contribution in [1.29, 1.82) is 0 Å². The van der Waals surface area contributed by atoms with Crippen molar-refractivity contribution >= 4 is 7.60 Å². The van der Waals surface area contributed by atoms with E-state index in [4.69, 9.17) is 9.42 Å². The monoisotopic (exact) mass is 181 g/mol. The van der Waals surface area contributed by atoms with Crippen LogP contribution in [0.4, 0.5) is 0 Å². The second-order valence-electron chi connectivity index (χ2n) is 3.24. The Hall–Kier alpha value is 0.110. The van der Waals surface area contributed by atoms with E-state index >= 15 is 0 Å². The largest absolute Gasteiger partial charge is 0.326 e. The lowest BCUT2D eigenvalue weighted by Crippen LogP contribution is -2.39. The first-order chi connectivity index (χ1) is 4.65. The number of hydrogen-bond donors (Lipinski definition) is 1. The van der Waals surface area contributed by atoms with Gasteiger partial charge < -0.3 is 4.89 Å². The predicted molar refractivity (Wildman–Crippen MR) is 44.6 cm³/mol. The summed E-state index contributed by atoms with van der Waals surface area (Å²) in [6.45, 7) is 4.65. The number of rotatable bonds is 3. The summed E-state index contributed by atoms with van der Waals surface area (Å²) < 4.78 is 15.8. The van der Waals surface area contributed by atoms with Crippen molar-refractivity contribution < 1.29 is 14.0 Å². The maximum atomic E-state index is 10.8. The molecule has 4 nitrogen and oxygen atoms in total. The molecule has 0 rings (SSSR count). The highest BCUT2D eigenvalue weighted by Crippen LogP contribution is 2.42. The van der Waals surface area contributed by atoms with E-state index < -0.39 is 13.3 Å². The van der Waals surface area contributed by atoms with Gasteiger partial charge in [0.05, 0.1) is 0 Å². The molecule has 0 aromatic heterocycles. The Bertz CT molecular complexity index is 173. The standard InChI is InChI=1S/C6H16NO3P/c1-6(2,7(3)4)10-11(5,8)9/h1-5H3,(H,8,9). The molecular weight excluding hydrogens is 165 g/mol. The molecule has 0 saturated heterocycles. The Morgan fingerprint density at radius 1 is 1.45 bits per heavy atom. The average Bonchev–Trinajstić information content (AvgIpc) is 1.56. The lowest BCUT2D eigenvalue weighted by Gasteiger charge is -2.32. The fourth-order valence-corrected chi connectivity index (χ4v) is 1.49. The molecule has 0 aromatic rings. The summed E-state index contributed by atoms with van der Waals surface area (Å²) in [5.41, 5.74) is -0.695. The van der Waals surface area contributed by atoms with E-state index in [0.29, 0.717) is 0 Å². The van der Waals surface area contributed by atoms with E-state index in [9.17, 15) is 4.57 Å². The highest BCUT2D eigenvalue weighted by atomic mass is 31.2. The molecule has 0 fully saturated rings. The molecule has 0 aliphatic carbocycles. The Morgan fingerprint density at radius 3 is 1.91 bits per heavy atom. The second kappa shape index (κ2) is 3.23. The van der Waals surface area contributed by atoms with Crippen LogP contribution in [0.3, 0.4) is 0 Å². The van der Waals surface area contributed by atoms with E-state index in [0.717, 1.165) is 0 Å². The van der Waals surface area contributed by atoms with Gasteiger partial charge in [0, 0.05) is 6.66 Å². The summed E-state index contributed by atoms with van der Waals surface area (Å²) in [5, 5.41) is 0. The third-order valence-corrected chi connectivity index (χ3v) is 2.26. The van der Waals surface area contributed by atoms with Crippen LogP contribution < -0.4 is 0 Å². The van der Waals surface area contributed by atoms with Gasteiger partial charge in [0.25, 0.3) is 0 Å². The van der Waals surface area contributed by atoms with Crippen LogP contribution in [0, 0.1) is 0 Å². The third-order valence-electron chi connectivity index (χ3n) is 1.47. The summed E-state index contributed by atoms with van der Waals surface area (Å²) in [5.74, 6) is 0. The van der Waals surface area contributed by atoms with Gasteiger partial charge >= 0.3 is 7.60 Å². The molecule has 0 bridgehead atoms. The summed E-state index contributed by atoms with van der Waals surface area (Å²) in [4.78, 5) is 10.6. The van der Waals surface area contributed by atoms with Gasteiger partial charge in [0.15, 0.2) is 0 Å². The first kappa shape index (κ1) is 11.1. The van der Waals surface area contributed by atoms with Crippen LogP contribution in [0.15, 0.2) is 0 Å². The molecule has 5 heteroatoms. The molecule has 0 spiro atoms. The van der Waals surface area contributed by atoms with Crippen LogP contribution in [-0.4, -0.2) is 36.3 Å². The van der Waals surface area contributed by atoms with Crippen molar-refractivity contribution in [2.24, 2.45) is 0 Å². The zero-order chi connectivity index (χ0) is 9.28. The highest BCUT2D eigenvalue weighted by Gasteiger charge is 2.28. The Labute approximate surface area is 67.7 Å². The Balaban J connectivity index is 4.25. The van der Waals surface area contributed by atoms with Crippen molar-refractivity contribution in [3.05, 3.63) is 0 Å². The van der Waals surface area contributed by atoms with Crippen LogP contribution in [0.5, 0.6) is 0 Å². The van der Waals surface area contributed by atoms with Gasteiger partial charge in [-0.3, -0.25) is 14.0 Å². The highest BCUT2D eigenvalue weighted by molar-refractivity contribution is 7.51. The predicted octanol–water partition coefficient (Wildman–Crippen LogP) is 1.12. The van der Waals surface area contributed by atoms with Crippen LogP contribution in [0.1, 0.15) is 13.8 Å². The van der Waals surface area contributed by atoms with Crippen LogP contribution in [0.2, 0.25) is 0 Å². The first-order valence-electron chi connectivity index (χ1n) is 3.33. The minimum atomic E-state index is -3.38. The van der Waals surface area contributed by atoms with Gasteiger partial charge in [-0.15, -0.1) is 0 Å². The molecule has 1 N–H and O–H groups in total. The van der Waals surface area contributed by atoms with Gasteiger partial charge in [-0.05, 0) is 27.9 Å². The van der Waals surface area contributed by atoms with E-state index in [2.05, 4.69) is 0 Å². The first-order valence-corrected chi connectivity index (χ1v) is 5.36. The van der Waals surface area contributed by atoms with E-state index in [1.165, 1.54) is 6.66 Å². The van der Waals surface area contributed by atoms with Crippen LogP contribution in [-0.2, 0) is 9.09 Å².